The summed E-state index contributed by atoms with van der Waals surface area (Å²) in [5, 5.41) is 15.5. The van der Waals surface area contributed by atoms with Crippen LogP contribution in [0.25, 0.3) is 0 Å². The summed E-state index contributed by atoms with van der Waals surface area (Å²) >= 11 is 6.32. The van der Waals surface area contributed by atoms with Crippen LogP contribution in [0, 0.1) is 5.92 Å². The van der Waals surface area contributed by atoms with Crippen LogP contribution in [0.4, 0.5) is 21.4 Å². The predicted molar refractivity (Wildman–Crippen MR) is 187 cm³/mol. The van der Waals surface area contributed by atoms with Gasteiger partial charge in [0.2, 0.25) is 5.95 Å². The number of anilines is 2. The normalized spacial score (nSPS) is 16.4. The minimum atomic E-state index is -0.531. The number of ether oxygens (including phenoxy) is 2. The molecule has 1 saturated carbocycles. The highest BCUT2D eigenvalue weighted by Gasteiger charge is 2.27. The number of carbonyl (C=O) groups is 2. The Hall–Kier alpha value is -3.35. The number of nitrogens with one attached hydrogen (secondary N) is 2. The van der Waals surface area contributed by atoms with Crippen LogP contribution < -0.4 is 10.6 Å². The van der Waals surface area contributed by atoms with Gasteiger partial charge in [0.1, 0.15) is 27.9 Å². The lowest BCUT2D eigenvalue weighted by molar-refractivity contribution is 0.0207. The smallest absolute Gasteiger partial charge is 0.410 e. The Kier molecular flexibility index (Phi) is 13.5. The van der Waals surface area contributed by atoms with Crippen LogP contribution in [0.1, 0.15) is 111 Å². The van der Waals surface area contributed by atoms with Crippen LogP contribution in [0.5, 0.6) is 0 Å². The second-order valence-electron chi connectivity index (χ2n) is 15.1. The molecule has 4 rings (SSSR count). The average molecular weight is 690 g/mol. The molecule has 2 N–H and O–H groups in total. The average Bonchev–Trinajstić information content (AvgIpc) is 3.46. The van der Waals surface area contributed by atoms with Crippen LogP contribution in [-0.4, -0.2) is 90.4 Å². The van der Waals surface area contributed by atoms with E-state index in [1.165, 1.54) is 38.5 Å². The molecule has 2 aromatic rings. The molecular formula is C34H56ClN9O4. The van der Waals surface area contributed by atoms with E-state index in [1.54, 1.807) is 15.6 Å². The molecule has 0 radical (unpaired) electrons. The van der Waals surface area contributed by atoms with E-state index in [0.29, 0.717) is 56.2 Å². The summed E-state index contributed by atoms with van der Waals surface area (Å²) in [6.07, 6.45) is 12.4. The number of aryl methyl sites for hydroxylation is 1. The topological polar surface area (TPSA) is 140 Å². The summed E-state index contributed by atoms with van der Waals surface area (Å²) < 4.78 is 13.0. The Bertz CT molecular complexity index is 1310. The SMILES string of the molecule is CC(C)(C)OC(=O)N(CCCC1CCCCC1)CCCn1cc(CNc2nc(Cl)cc(NC3CCN(C(=O)OC(C)(C)C)CC3)n2)nn1. The number of halogens is 1. The highest BCUT2D eigenvalue weighted by molar-refractivity contribution is 6.29. The first kappa shape index (κ1) is 37.5. The third kappa shape index (κ3) is 13.3. The van der Waals surface area contributed by atoms with Gasteiger partial charge in [-0.3, -0.25) is 4.68 Å². The number of likely N-dealkylation sites (tertiary alicyclic amines) is 1. The Labute approximate surface area is 290 Å². The van der Waals surface area contributed by atoms with Crippen LogP contribution in [0.2, 0.25) is 5.15 Å². The van der Waals surface area contributed by atoms with Gasteiger partial charge in [0.05, 0.1) is 12.7 Å². The van der Waals surface area contributed by atoms with Gasteiger partial charge in [-0.25, -0.2) is 14.6 Å². The minimum absolute atomic E-state index is 0.144. The van der Waals surface area contributed by atoms with E-state index in [4.69, 9.17) is 21.1 Å². The van der Waals surface area contributed by atoms with Gasteiger partial charge in [0.25, 0.3) is 0 Å². The maximum atomic E-state index is 13.0. The van der Waals surface area contributed by atoms with Gasteiger partial charge in [-0.1, -0.05) is 48.9 Å². The zero-order valence-electron chi connectivity index (χ0n) is 29.8. The standard InChI is InChI=1S/C34H56ClN9O4/c1-33(2,3)47-31(45)42(17-10-14-25-12-8-7-9-13-25)18-11-19-44-24-27(40-41-44)23-36-30-38-28(35)22-29(39-30)37-26-15-20-43(21-16-26)32(46)48-34(4,5)6/h22,24-26H,7-21,23H2,1-6H3,(H2,36,37,38,39). The summed E-state index contributed by atoms with van der Waals surface area (Å²) in [6, 6.07) is 1.84. The van der Waals surface area contributed by atoms with E-state index in [1.807, 2.05) is 52.6 Å². The fraction of sp³-hybridized carbons (Fsp3) is 0.765. The molecule has 0 bridgehead atoms. The molecule has 2 amide bonds. The number of amides is 2. The van der Waals surface area contributed by atoms with Crippen molar-refractivity contribution in [3.8, 4) is 0 Å². The lowest BCUT2D eigenvalue weighted by Crippen LogP contribution is -2.44. The molecule has 14 heteroatoms. The van der Waals surface area contributed by atoms with Gasteiger partial charge in [0.15, 0.2) is 0 Å². The molecule has 268 valence electrons. The molecule has 1 saturated heterocycles. The highest BCUT2D eigenvalue weighted by atomic mass is 35.5. The van der Waals surface area contributed by atoms with Crippen molar-refractivity contribution in [3.05, 3.63) is 23.1 Å². The van der Waals surface area contributed by atoms with Gasteiger partial charge in [0, 0.05) is 44.8 Å². The van der Waals surface area contributed by atoms with E-state index in [2.05, 4.69) is 30.9 Å². The van der Waals surface area contributed by atoms with Crippen LogP contribution >= 0.6 is 11.6 Å². The van der Waals surface area contributed by atoms with Gasteiger partial charge in [-0.2, -0.15) is 4.98 Å². The van der Waals surface area contributed by atoms with E-state index >= 15 is 0 Å². The van der Waals surface area contributed by atoms with Crippen LogP contribution in [0.3, 0.4) is 0 Å². The van der Waals surface area contributed by atoms with Crippen LogP contribution in [0.15, 0.2) is 12.3 Å². The molecule has 2 aromatic heterocycles. The number of piperidine rings is 1. The van der Waals surface area contributed by atoms with Crippen molar-refractivity contribution in [3.63, 3.8) is 0 Å². The third-order valence-electron chi connectivity index (χ3n) is 8.44. The summed E-state index contributed by atoms with van der Waals surface area (Å²) in [5.41, 5.74) is -0.309. The van der Waals surface area contributed by atoms with Crippen molar-refractivity contribution in [1.29, 1.82) is 0 Å². The molecule has 48 heavy (non-hydrogen) atoms. The number of aromatic nitrogens is 5. The molecule has 3 heterocycles. The molecule has 1 aliphatic heterocycles. The zero-order valence-corrected chi connectivity index (χ0v) is 30.5. The van der Waals surface area contributed by atoms with Crippen molar-refractivity contribution in [2.75, 3.05) is 36.8 Å². The van der Waals surface area contributed by atoms with Crippen molar-refractivity contribution in [2.45, 2.75) is 136 Å². The third-order valence-corrected chi connectivity index (χ3v) is 8.63. The first-order valence-corrected chi connectivity index (χ1v) is 18.0. The number of nitrogens with zero attached hydrogens (tertiary/aromatic N) is 7. The zero-order chi connectivity index (χ0) is 34.7. The van der Waals surface area contributed by atoms with Crippen LogP contribution in [-0.2, 0) is 22.6 Å². The molecule has 1 aliphatic carbocycles. The number of hydrogen-bond donors (Lipinski definition) is 2. The number of carbonyl (C=O) groups excluding carboxylic acids is 2. The predicted octanol–water partition coefficient (Wildman–Crippen LogP) is 7.13. The van der Waals surface area contributed by atoms with Gasteiger partial charge in [-0.15, -0.1) is 5.10 Å². The fourth-order valence-corrected chi connectivity index (χ4v) is 6.29. The molecular weight excluding hydrogens is 634 g/mol. The van der Waals surface area contributed by atoms with E-state index in [9.17, 15) is 9.59 Å². The number of rotatable bonds is 13. The van der Waals surface area contributed by atoms with Crippen molar-refractivity contribution >= 4 is 35.6 Å². The Morgan fingerprint density at radius 3 is 2.33 bits per heavy atom. The van der Waals surface area contributed by atoms with Crippen molar-refractivity contribution in [2.24, 2.45) is 5.92 Å². The molecule has 0 atom stereocenters. The molecule has 2 fully saturated rings. The first-order chi connectivity index (χ1) is 22.7. The van der Waals surface area contributed by atoms with Crippen molar-refractivity contribution in [1.82, 2.24) is 34.8 Å². The largest absolute Gasteiger partial charge is 0.444 e. The summed E-state index contributed by atoms with van der Waals surface area (Å²) in [6.45, 7) is 14.8. The van der Waals surface area contributed by atoms with Gasteiger partial charge < -0.3 is 29.9 Å². The van der Waals surface area contributed by atoms with Gasteiger partial charge >= 0.3 is 12.2 Å². The lowest BCUT2D eigenvalue weighted by Gasteiger charge is -2.33. The fourth-order valence-electron chi connectivity index (χ4n) is 6.10. The van der Waals surface area contributed by atoms with E-state index < -0.39 is 11.2 Å². The first-order valence-electron chi connectivity index (χ1n) is 17.6. The quantitative estimate of drug-likeness (QED) is 0.209. The monoisotopic (exact) mass is 689 g/mol. The Morgan fingerprint density at radius 2 is 1.65 bits per heavy atom. The highest BCUT2D eigenvalue weighted by Crippen LogP contribution is 2.27. The summed E-state index contributed by atoms with van der Waals surface area (Å²) in [7, 11) is 0. The summed E-state index contributed by atoms with van der Waals surface area (Å²) in [4.78, 5) is 37.8. The Balaban J connectivity index is 1.22. The van der Waals surface area contributed by atoms with E-state index in [-0.39, 0.29) is 18.2 Å². The number of hydrogen-bond acceptors (Lipinski definition) is 10. The maximum Gasteiger partial charge on any atom is 0.410 e. The second-order valence-corrected chi connectivity index (χ2v) is 15.5. The molecule has 0 unspecified atom stereocenters. The molecule has 13 nitrogen and oxygen atoms in total. The minimum Gasteiger partial charge on any atom is -0.444 e. The molecule has 0 aromatic carbocycles. The molecule has 2 aliphatic rings. The second kappa shape index (κ2) is 17.3. The lowest BCUT2D eigenvalue weighted by atomic mass is 9.86. The van der Waals surface area contributed by atoms with Gasteiger partial charge in [-0.05, 0) is 79.6 Å². The summed E-state index contributed by atoms with van der Waals surface area (Å²) in [5.74, 6) is 1.79. The van der Waals surface area contributed by atoms with Crippen molar-refractivity contribution < 1.29 is 19.1 Å². The Morgan fingerprint density at radius 1 is 0.958 bits per heavy atom. The maximum absolute atomic E-state index is 13.0. The molecule has 0 spiro atoms. The van der Waals surface area contributed by atoms with E-state index in [0.717, 1.165) is 37.3 Å².